The van der Waals surface area contributed by atoms with Gasteiger partial charge in [0.15, 0.2) is 12.6 Å². The summed E-state index contributed by atoms with van der Waals surface area (Å²) in [7, 11) is 0. The van der Waals surface area contributed by atoms with Gasteiger partial charge < -0.3 is 94.8 Å². The third-order valence-corrected chi connectivity index (χ3v) is 19.6. The minimum Gasteiger partial charge on any atom is -0.432 e. The fourth-order valence-corrected chi connectivity index (χ4v) is 15.4. The van der Waals surface area contributed by atoms with Gasteiger partial charge in [0.2, 0.25) is 6.29 Å². The van der Waals surface area contributed by atoms with Crippen molar-refractivity contribution in [2.24, 2.45) is 56.7 Å². The van der Waals surface area contributed by atoms with Crippen molar-refractivity contribution in [3.8, 4) is 0 Å². The molecule has 13 N–H and O–H groups in total. The van der Waals surface area contributed by atoms with Crippen LogP contribution >= 0.6 is 0 Å². The first-order valence-corrected chi connectivity index (χ1v) is 24.6. The predicted octanol–water partition coefficient (Wildman–Crippen LogP) is -2.06. The Kier molecular flexibility index (Phi) is 14.6. The number of esters is 1. The predicted molar refractivity (Wildman–Crippen MR) is 233 cm³/mol. The maximum atomic E-state index is 15.0. The van der Waals surface area contributed by atoms with Gasteiger partial charge in [-0.25, -0.2) is 0 Å². The van der Waals surface area contributed by atoms with Crippen molar-refractivity contribution in [1.29, 1.82) is 0 Å². The number of aliphatic hydroxyl groups is 13. The average molecular weight is 975 g/mol. The van der Waals surface area contributed by atoms with Gasteiger partial charge in [-0.1, -0.05) is 53.2 Å². The molecule has 0 aromatic rings. The Morgan fingerprint density at radius 2 is 1.34 bits per heavy atom. The molecular weight excluding hydrogens is 897 g/mol. The van der Waals surface area contributed by atoms with Gasteiger partial charge in [-0.3, -0.25) is 4.79 Å². The fraction of sp³-hybridized carbons (Fsp3) is 0.938. The lowest BCUT2D eigenvalue weighted by atomic mass is 9.32. The van der Waals surface area contributed by atoms with Crippen molar-refractivity contribution in [2.75, 3.05) is 19.8 Å². The second-order valence-corrected chi connectivity index (χ2v) is 23.1. The lowest BCUT2D eigenvalue weighted by Gasteiger charge is -2.72. The number of hydrogen-bond acceptors (Lipinski definition) is 20. The van der Waals surface area contributed by atoms with E-state index in [1.807, 2.05) is 0 Å². The molecule has 7 fully saturated rings. The number of fused-ring (bicyclic) bond motifs is 7. The Bertz CT molecular complexity index is 1860. The topological polar surface area (TPSA) is 335 Å². The molecule has 0 amide bonds. The van der Waals surface area contributed by atoms with Crippen molar-refractivity contribution in [3.63, 3.8) is 0 Å². The molecule has 0 aromatic carbocycles. The summed E-state index contributed by atoms with van der Waals surface area (Å²) in [5.74, 6) is -1.31. The van der Waals surface area contributed by atoms with E-state index in [2.05, 4.69) is 40.7 Å². The molecule has 0 bridgehead atoms. The molecule has 3 aliphatic heterocycles. The molecule has 4 saturated carbocycles. The van der Waals surface area contributed by atoms with Gasteiger partial charge in [-0.2, -0.15) is 0 Å². The highest BCUT2D eigenvalue weighted by Gasteiger charge is 2.73. The Morgan fingerprint density at radius 3 is 2.00 bits per heavy atom. The summed E-state index contributed by atoms with van der Waals surface area (Å²) in [6.07, 6.45) is -22.3. The van der Waals surface area contributed by atoms with Crippen molar-refractivity contribution in [3.05, 3.63) is 11.6 Å². The molecular formula is C48H78O20. The first-order valence-electron chi connectivity index (χ1n) is 24.6. The lowest BCUT2D eigenvalue weighted by molar-refractivity contribution is -0.361. The zero-order valence-corrected chi connectivity index (χ0v) is 40.1. The summed E-state index contributed by atoms with van der Waals surface area (Å²) in [5.41, 5.74) is -2.84. The molecule has 8 rings (SSSR count). The van der Waals surface area contributed by atoms with Crippen LogP contribution < -0.4 is 0 Å². The summed E-state index contributed by atoms with van der Waals surface area (Å²) in [6.45, 7) is 12.1. The second-order valence-electron chi connectivity index (χ2n) is 23.1. The van der Waals surface area contributed by atoms with Crippen LogP contribution in [0, 0.1) is 56.7 Å². The highest BCUT2D eigenvalue weighted by Crippen LogP contribution is 2.76. The van der Waals surface area contributed by atoms with Gasteiger partial charge in [0.1, 0.15) is 67.1 Å². The molecule has 3 heterocycles. The summed E-state index contributed by atoms with van der Waals surface area (Å²) in [4.78, 5) is 15.0. The molecule has 3 saturated heterocycles. The first-order chi connectivity index (χ1) is 31.8. The summed E-state index contributed by atoms with van der Waals surface area (Å²) in [6, 6.07) is 0. The molecule has 8 aliphatic rings. The standard InChI is InChI=1S/C48H78O20/c1-19-10-11-48(13-12-46(6)22(28(48)20(19)2)8-9-27-44(4)14-24(52)39(61)45(5,18-50)38(44)23(51)15-47(27,46)7)43(62)68-42-35(59)32(56)30(54)26(66-42)17-63-40-36(60)33(57)37(25(16-49)65-40)67-41-34(58)31(55)29(53)21(3)64-41/h8,19-21,23-42,49-61H,9-18H2,1-7H3/t19-,20+,21+,23-,24-,25-,26-,27-,28+,29+,30-,31?,32+,33-,34-,35-,36-,37-,38-,39+,40-,41+,42+,44-,45+,46+,47-,48+/m1/s1. The molecule has 0 aromatic heterocycles. The fourth-order valence-electron chi connectivity index (χ4n) is 15.4. The Balaban J connectivity index is 0.994. The smallest absolute Gasteiger partial charge is 0.315 e. The summed E-state index contributed by atoms with van der Waals surface area (Å²) in [5, 5.41) is 142. The Hall–Kier alpha value is -1.51. The van der Waals surface area contributed by atoms with Gasteiger partial charge >= 0.3 is 5.97 Å². The third kappa shape index (κ3) is 7.89. The monoisotopic (exact) mass is 975 g/mol. The first kappa shape index (κ1) is 52.8. The SMILES string of the molecule is C[C@H]1[C@H](C)CC[C@]2(C(=O)O[C@@H]3O[C@H](CO[C@@H]4O[C@H](CO)[C@@H](O[C@@H]5O[C@@H](C)[C@H](O)C(O)[C@H]5O)[C@H](O)[C@H]4O)[C@@H](O)[C@H](O)[C@H]3O)CC[C@@]3(C)C(=CC[C@@H]4[C@@]5(C)C[C@@H](O)[C@H](O)[C@@](C)(CO)[C@@H]5[C@H](O)C[C@]43C)[C@H]12. The highest BCUT2D eigenvalue weighted by molar-refractivity contribution is 5.79. The van der Waals surface area contributed by atoms with Crippen LogP contribution in [0.2, 0.25) is 0 Å². The van der Waals surface area contributed by atoms with Crippen LogP contribution in [0.4, 0.5) is 0 Å². The summed E-state index contributed by atoms with van der Waals surface area (Å²) < 4.78 is 34.6. The zero-order chi connectivity index (χ0) is 50.0. The largest absolute Gasteiger partial charge is 0.432 e. The molecule has 1 unspecified atom stereocenters. The van der Waals surface area contributed by atoms with Gasteiger partial charge in [-0.15, -0.1) is 0 Å². The number of ether oxygens (including phenoxy) is 6. The molecule has 20 heteroatoms. The normalized spacial score (nSPS) is 57.1. The number of rotatable bonds is 9. The van der Waals surface area contributed by atoms with E-state index in [9.17, 15) is 66.4 Å². The molecule has 5 aliphatic carbocycles. The van der Waals surface area contributed by atoms with E-state index in [0.29, 0.717) is 38.5 Å². The molecule has 28 atom stereocenters. The van der Waals surface area contributed by atoms with Crippen molar-refractivity contribution >= 4 is 5.97 Å². The highest BCUT2D eigenvalue weighted by atomic mass is 16.8. The van der Waals surface area contributed by atoms with Crippen molar-refractivity contribution < 1.29 is 99.6 Å². The lowest BCUT2D eigenvalue weighted by Crippen LogP contribution is -2.71. The van der Waals surface area contributed by atoms with Crippen LogP contribution in [-0.2, 0) is 33.2 Å². The molecule has 0 radical (unpaired) electrons. The van der Waals surface area contributed by atoms with Crippen LogP contribution in [0.25, 0.3) is 0 Å². The minimum absolute atomic E-state index is 0.0115. The molecule has 390 valence electrons. The molecule has 0 spiro atoms. The number of allylic oxidation sites excluding steroid dienone is 2. The van der Waals surface area contributed by atoms with E-state index in [1.54, 1.807) is 6.92 Å². The van der Waals surface area contributed by atoms with Crippen LogP contribution in [-0.4, -0.2) is 203 Å². The molecule has 68 heavy (non-hydrogen) atoms. The van der Waals surface area contributed by atoms with E-state index >= 15 is 4.79 Å². The van der Waals surface area contributed by atoms with Crippen molar-refractivity contribution in [1.82, 2.24) is 0 Å². The number of carbonyl (C=O) groups excluding carboxylic acids is 1. The van der Waals surface area contributed by atoms with Crippen LogP contribution in [0.5, 0.6) is 0 Å². The maximum Gasteiger partial charge on any atom is 0.315 e. The van der Waals surface area contributed by atoms with E-state index in [4.69, 9.17) is 28.4 Å². The third-order valence-electron chi connectivity index (χ3n) is 19.6. The molecule has 20 nitrogen and oxygen atoms in total. The average Bonchev–Trinajstić information content (AvgIpc) is 3.29. The van der Waals surface area contributed by atoms with E-state index < -0.39 is 169 Å². The summed E-state index contributed by atoms with van der Waals surface area (Å²) >= 11 is 0. The van der Waals surface area contributed by atoms with Gasteiger partial charge in [0.25, 0.3) is 0 Å². The number of aliphatic hydroxyl groups excluding tert-OH is 13. The van der Waals surface area contributed by atoms with Crippen LogP contribution in [0.15, 0.2) is 11.6 Å². The number of hydrogen-bond donors (Lipinski definition) is 13. The Labute approximate surface area is 396 Å². The quantitative estimate of drug-likeness (QED) is 0.0873. The zero-order valence-electron chi connectivity index (χ0n) is 40.1. The Morgan fingerprint density at radius 1 is 0.706 bits per heavy atom. The minimum atomic E-state index is -1.89. The second kappa shape index (κ2) is 18.8. The van der Waals surface area contributed by atoms with E-state index in [-0.39, 0.29) is 30.1 Å². The van der Waals surface area contributed by atoms with E-state index in [1.165, 1.54) is 6.92 Å². The van der Waals surface area contributed by atoms with E-state index in [0.717, 1.165) is 5.57 Å². The van der Waals surface area contributed by atoms with Gasteiger partial charge in [0, 0.05) is 11.3 Å². The van der Waals surface area contributed by atoms with Crippen molar-refractivity contribution in [2.45, 2.75) is 204 Å². The van der Waals surface area contributed by atoms with Crippen LogP contribution in [0.1, 0.15) is 93.4 Å². The maximum absolute atomic E-state index is 15.0. The van der Waals surface area contributed by atoms with Gasteiger partial charge in [0.05, 0.1) is 49.7 Å². The van der Waals surface area contributed by atoms with Crippen LogP contribution in [0.3, 0.4) is 0 Å². The number of carbonyl (C=O) groups is 1. The van der Waals surface area contributed by atoms with Gasteiger partial charge in [-0.05, 0) is 91.8 Å².